The number of benzene rings is 1. The van der Waals surface area contributed by atoms with Gasteiger partial charge in [-0.15, -0.1) is 0 Å². The van der Waals surface area contributed by atoms with Crippen LogP contribution >= 0.6 is 0 Å². The van der Waals surface area contributed by atoms with Crippen molar-refractivity contribution in [2.24, 2.45) is 0 Å². The Morgan fingerprint density at radius 2 is 1.85 bits per heavy atom. The van der Waals surface area contributed by atoms with Gasteiger partial charge in [0.05, 0.1) is 25.5 Å². The number of aromatic amines is 1. The molecule has 2 N–H and O–H groups in total. The Morgan fingerprint density at radius 3 is 2.58 bits per heavy atom. The number of hydrogen-bond donors (Lipinski definition) is 2. The number of rotatable bonds is 4. The molecule has 2 aromatic heterocycles. The quantitative estimate of drug-likeness (QED) is 0.634. The average molecular weight is 447 g/mol. The highest BCUT2D eigenvalue weighted by molar-refractivity contribution is 5.74. The molecule has 3 aromatic rings. The van der Waals surface area contributed by atoms with Gasteiger partial charge in [-0.05, 0) is 36.8 Å². The molecule has 1 saturated heterocycles. The number of H-pyrrole nitrogens is 1. The molecule has 1 fully saturated rings. The summed E-state index contributed by atoms with van der Waals surface area (Å²) < 4.78 is 5.53. The molecule has 2 aliphatic heterocycles. The number of hydrogen-bond acceptors (Lipinski definition) is 7. The van der Waals surface area contributed by atoms with E-state index in [1.165, 1.54) is 6.07 Å². The van der Waals surface area contributed by atoms with Crippen molar-refractivity contribution >= 4 is 23.2 Å². The summed E-state index contributed by atoms with van der Waals surface area (Å²) in [7, 11) is 0. The highest BCUT2D eigenvalue weighted by atomic mass is 16.5. The lowest BCUT2D eigenvalue weighted by Crippen LogP contribution is -2.40. The molecular weight excluding hydrogens is 420 g/mol. The Balaban J connectivity index is 1.47. The molecule has 9 nitrogen and oxygen atoms in total. The molecule has 1 aromatic carbocycles. The van der Waals surface area contributed by atoms with Gasteiger partial charge in [-0.25, -0.2) is 9.97 Å². The largest absolute Gasteiger partial charge is 0.378 e. The third-order valence-corrected chi connectivity index (χ3v) is 5.99. The van der Waals surface area contributed by atoms with E-state index in [0.29, 0.717) is 37.9 Å². The number of fused-ring (bicyclic) bond motifs is 1. The first-order chi connectivity index (χ1) is 16.1. The summed E-state index contributed by atoms with van der Waals surface area (Å²) in [6.07, 6.45) is 0.750. The van der Waals surface area contributed by atoms with Gasteiger partial charge < -0.3 is 24.8 Å². The molecule has 1 amide bonds. The Labute approximate surface area is 191 Å². The van der Waals surface area contributed by atoms with Crippen LogP contribution in [0.25, 0.3) is 11.4 Å². The number of nitrogens with zero attached hydrogens (tertiary/aromatic N) is 4. The number of carbonyl (C=O) groups excluding carboxylic acids is 1. The van der Waals surface area contributed by atoms with Crippen LogP contribution < -0.4 is 15.8 Å². The third kappa shape index (κ3) is 4.58. The Kier molecular flexibility index (Phi) is 5.78. The molecule has 0 aliphatic carbocycles. The fourth-order valence-electron chi connectivity index (χ4n) is 4.22. The number of pyridine rings is 1. The van der Waals surface area contributed by atoms with Gasteiger partial charge in [-0.1, -0.05) is 6.07 Å². The molecule has 33 heavy (non-hydrogen) atoms. The van der Waals surface area contributed by atoms with Crippen LogP contribution in [-0.4, -0.2) is 58.6 Å². The van der Waals surface area contributed by atoms with Crippen LogP contribution in [0.2, 0.25) is 0 Å². The number of amides is 1. The highest BCUT2D eigenvalue weighted by Crippen LogP contribution is 2.30. The standard InChI is InChI=1S/C24H26N6O3/c1-16(31)30-10-9-19-20(15-30)26-23(28-24(19)29-11-13-33-14-12-29)17-5-7-18(8-6-17)25-21-3-2-4-22(32)27-21/h2-8H,9-15H2,1H3,(H2,25,27,32). The molecule has 5 rings (SSSR count). The number of aromatic nitrogens is 3. The van der Waals surface area contributed by atoms with Crippen LogP contribution in [0.5, 0.6) is 0 Å². The number of ether oxygens (including phenoxy) is 1. The maximum absolute atomic E-state index is 12.0. The lowest BCUT2D eigenvalue weighted by molar-refractivity contribution is -0.129. The van der Waals surface area contributed by atoms with Crippen molar-refractivity contribution in [3.8, 4) is 11.4 Å². The van der Waals surface area contributed by atoms with E-state index in [0.717, 1.165) is 47.8 Å². The van der Waals surface area contributed by atoms with Gasteiger partial charge in [-0.3, -0.25) is 9.59 Å². The molecule has 170 valence electrons. The van der Waals surface area contributed by atoms with Gasteiger partial charge in [0.1, 0.15) is 11.6 Å². The molecule has 0 spiro atoms. The summed E-state index contributed by atoms with van der Waals surface area (Å²) in [5.41, 5.74) is 3.61. The second-order valence-electron chi connectivity index (χ2n) is 8.22. The molecule has 0 unspecified atom stereocenters. The maximum Gasteiger partial charge on any atom is 0.249 e. The molecular formula is C24H26N6O3. The lowest BCUT2D eigenvalue weighted by atomic mass is 10.0. The summed E-state index contributed by atoms with van der Waals surface area (Å²) in [6.45, 7) is 5.71. The monoisotopic (exact) mass is 446 g/mol. The van der Waals surface area contributed by atoms with Crippen molar-refractivity contribution in [2.75, 3.05) is 43.1 Å². The highest BCUT2D eigenvalue weighted by Gasteiger charge is 2.27. The van der Waals surface area contributed by atoms with Gasteiger partial charge in [0.25, 0.3) is 0 Å². The summed E-state index contributed by atoms with van der Waals surface area (Å²) >= 11 is 0. The SMILES string of the molecule is CC(=O)N1CCc2c(nc(-c3ccc(Nc4cccc(=O)[nH]4)cc3)nc2N2CCOCC2)C1. The molecule has 9 heteroatoms. The van der Waals surface area contributed by atoms with Crippen molar-refractivity contribution in [1.82, 2.24) is 19.9 Å². The number of carbonyl (C=O) groups is 1. The van der Waals surface area contributed by atoms with Crippen LogP contribution in [0.1, 0.15) is 18.2 Å². The lowest BCUT2D eigenvalue weighted by Gasteiger charge is -2.34. The Bertz CT molecular complexity index is 1220. The smallest absolute Gasteiger partial charge is 0.249 e. The van der Waals surface area contributed by atoms with Crippen LogP contribution in [0.15, 0.2) is 47.3 Å². The van der Waals surface area contributed by atoms with E-state index in [4.69, 9.17) is 14.7 Å². The predicted molar refractivity (Wildman–Crippen MR) is 126 cm³/mol. The van der Waals surface area contributed by atoms with Crippen molar-refractivity contribution in [1.29, 1.82) is 0 Å². The van der Waals surface area contributed by atoms with Crippen molar-refractivity contribution in [3.05, 3.63) is 64.1 Å². The summed E-state index contributed by atoms with van der Waals surface area (Å²) in [4.78, 5) is 40.2. The first-order valence-corrected chi connectivity index (χ1v) is 11.1. The molecule has 2 aliphatic rings. The first-order valence-electron chi connectivity index (χ1n) is 11.1. The van der Waals surface area contributed by atoms with Crippen molar-refractivity contribution in [2.45, 2.75) is 19.9 Å². The van der Waals surface area contributed by atoms with E-state index in [1.807, 2.05) is 29.2 Å². The number of morpholine rings is 1. The van der Waals surface area contributed by atoms with Crippen molar-refractivity contribution < 1.29 is 9.53 Å². The Hall–Kier alpha value is -3.72. The van der Waals surface area contributed by atoms with Gasteiger partial charge >= 0.3 is 0 Å². The van der Waals surface area contributed by atoms with Crippen molar-refractivity contribution in [3.63, 3.8) is 0 Å². The van der Waals surface area contributed by atoms with Gasteiger partial charge in [0, 0.05) is 49.4 Å². The van der Waals surface area contributed by atoms with E-state index >= 15 is 0 Å². The minimum atomic E-state index is -0.158. The number of nitrogens with one attached hydrogen (secondary N) is 2. The first kappa shape index (κ1) is 21.1. The minimum Gasteiger partial charge on any atom is -0.378 e. The zero-order valence-corrected chi connectivity index (χ0v) is 18.5. The average Bonchev–Trinajstić information content (AvgIpc) is 2.84. The summed E-state index contributed by atoms with van der Waals surface area (Å²) in [5.74, 6) is 2.27. The maximum atomic E-state index is 12.0. The van der Waals surface area contributed by atoms with Gasteiger partial charge in [0.2, 0.25) is 11.5 Å². The minimum absolute atomic E-state index is 0.0584. The van der Waals surface area contributed by atoms with E-state index < -0.39 is 0 Å². The number of anilines is 3. The van der Waals surface area contributed by atoms with Crippen LogP contribution in [0, 0.1) is 0 Å². The molecule has 4 heterocycles. The van der Waals surface area contributed by atoms with Gasteiger partial charge in [0.15, 0.2) is 5.82 Å². The van der Waals surface area contributed by atoms with E-state index in [-0.39, 0.29) is 11.5 Å². The van der Waals surface area contributed by atoms with E-state index in [9.17, 15) is 9.59 Å². The molecule has 0 bridgehead atoms. The normalized spacial score (nSPS) is 15.8. The predicted octanol–water partition coefficient (Wildman–Crippen LogP) is 2.32. The topological polar surface area (TPSA) is 103 Å². The molecule has 0 atom stereocenters. The molecule has 0 radical (unpaired) electrons. The fraction of sp³-hybridized carbons (Fsp3) is 0.333. The Morgan fingerprint density at radius 1 is 1.06 bits per heavy atom. The third-order valence-electron chi connectivity index (χ3n) is 5.99. The summed E-state index contributed by atoms with van der Waals surface area (Å²) in [6, 6.07) is 12.8. The van der Waals surface area contributed by atoms with E-state index in [1.54, 1.807) is 19.1 Å². The second-order valence-corrected chi connectivity index (χ2v) is 8.22. The fourth-order valence-corrected chi connectivity index (χ4v) is 4.22. The zero-order valence-electron chi connectivity index (χ0n) is 18.5. The van der Waals surface area contributed by atoms with Gasteiger partial charge in [-0.2, -0.15) is 0 Å². The molecule has 0 saturated carbocycles. The van der Waals surface area contributed by atoms with E-state index in [2.05, 4.69) is 15.2 Å². The van der Waals surface area contributed by atoms with Crippen LogP contribution in [0.4, 0.5) is 17.3 Å². The second kappa shape index (κ2) is 9.03. The summed E-state index contributed by atoms with van der Waals surface area (Å²) in [5, 5.41) is 3.19. The zero-order chi connectivity index (χ0) is 22.8. The van der Waals surface area contributed by atoms with Crippen LogP contribution in [-0.2, 0) is 22.5 Å². The van der Waals surface area contributed by atoms with Crippen LogP contribution in [0.3, 0.4) is 0 Å².